The Balaban J connectivity index is 2.61. The molecule has 0 bridgehead atoms. The quantitative estimate of drug-likeness (QED) is 0.867. The number of hydrogen-bond acceptors (Lipinski definition) is 1. The van der Waals surface area contributed by atoms with E-state index in [4.69, 9.17) is 17.3 Å². The molecule has 0 saturated heterocycles. The van der Waals surface area contributed by atoms with E-state index in [1.165, 1.54) is 18.2 Å². The van der Waals surface area contributed by atoms with Gasteiger partial charge in [-0.3, -0.25) is 0 Å². The molecular weight excluding hydrogens is 244 g/mol. The minimum Gasteiger partial charge on any atom is -0.326 e. The van der Waals surface area contributed by atoms with E-state index in [1.54, 1.807) is 18.2 Å². The average molecular weight is 254 g/mol. The van der Waals surface area contributed by atoms with Crippen molar-refractivity contribution >= 4 is 11.6 Å². The predicted octanol–water partition coefficient (Wildman–Crippen LogP) is 3.74. The van der Waals surface area contributed by atoms with E-state index in [1.807, 2.05) is 0 Å². The van der Waals surface area contributed by atoms with Gasteiger partial charge in [0.25, 0.3) is 0 Å². The fourth-order valence-electron chi connectivity index (χ4n) is 1.66. The van der Waals surface area contributed by atoms with E-state index >= 15 is 0 Å². The van der Waals surface area contributed by atoms with Crippen LogP contribution >= 0.6 is 11.6 Å². The Hall–Kier alpha value is -1.45. The summed E-state index contributed by atoms with van der Waals surface area (Å²) in [7, 11) is 0. The molecule has 0 aliphatic heterocycles. The van der Waals surface area contributed by atoms with Crippen LogP contribution < -0.4 is 5.73 Å². The van der Waals surface area contributed by atoms with Crippen molar-refractivity contribution in [3.63, 3.8) is 0 Å². The third kappa shape index (κ3) is 2.30. The lowest BCUT2D eigenvalue weighted by Gasteiger charge is -2.08. The molecule has 2 aromatic carbocycles. The van der Waals surface area contributed by atoms with Crippen molar-refractivity contribution in [1.82, 2.24) is 0 Å². The van der Waals surface area contributed by atoms with Gasteiger partial charge in [0.1, 0.15) is 11.6 Å². The zero-order valence-corrected chi connectivity index (χ0v) is 9.64. The third-order valence-electron chi connectivity index (χ3n) is 2.52. The Morgan fingerprint density at radius 2 is 1.71 bits per heavy atom. The number of halogens is 3. The monoisotopic (exact) mass is 253 g/mol. The second kappa shape index (κ2) is 4.82. The number of nitrogens with two attached hydrogens (primary N) is 1. The lowest BCUT2D eigenvalue weighted by molar-refractivity contribution is 0.589. The van der Waals surface area contributed by atoms with Crippen LogP contribution in [0.15, 0.2) is 36.4 Å². The highest BCUT2D eigenvalue weighted by Crippen LogP contribution is 2.29. The highest BCUT2D eigenvalue weighted by atomic mass is 35.5. The standard InChI is InChI=1S/C13H10ClF2N/c14-10-5-4-8(6-9(10)7-17)13-11(15)2-1-3-12(13)16/h1-6H,7,17H2. The van der Waals surface area contributed by atoms with Gasteiger partial charge in [-0.25, -0.2) is 8.78 Å². The molecule has 2 aromatic rings. The van der Waals surface area contributed by atoms with Gasteiger partial charge in [0.2, 0.25) is 0 Å². The van der Waals surface area contributed by atoms with E-state index in [0.29, 0.717) is 16.1 Å². The summed E-state index contributed by atoms with van der Waals surface area (Å²) < 4.78 is 27.1. The SMILES string of the molecule is NCc1cc(-c2c(F)cccc2F)ccc1Cl. The minimum absolute atomic E-state index is 0.0566. The molecule has 2 rings (SSSR count). The van der Waals surface area contributed by atoms with Gasteiger partial charge in [-0.05, 0) is 35.4 Å². The van der Waals surface area contributed by atoms with Crippen LogP contribution in [-0.4, -0.2) is 0 Å². The summed E-state index contributed by atoms with van der Waals surface area (Å²) in [5.74, 6) is -1.20. The fraction of sp³-hybridized carbons (Fsp3) is 0.0769. The van der Waals surface area contributed by atoms with Crippen LogP contribution in [0.4, 0.5) is 8.78 Å². The molecule has 0 heterocycles. The Morgan fingerprint density at radius 1 is 1.06 bits per heavy atom. The largest absolute Gasteiger partial charge is 0.326 e. The maximum Gasteiger partial charge on any atom is 0.133 e. The molecule has 0 aliphatic carbocycles. The molecule has 0 amide bonds. The summed E-state index contributed by atoms with van der Waals surface area (Å²) in [6, 6.07) is 8.52. The van der Waals surface area contributed by atoms with Crippen molar-refractivity contribution in [2.45, 2.75) is 6.54 Å². The molecule has 0 radical (unpaired) electrons. The lowest BCUT2D eigenvalue weighted by Crippen LogP contribution is -1.98. The smallest absolute Gasteiger partial charge is 0.133 e. The molecule has 0 spiro atoms. The molecule has 0 atom stereocenters. The van der Waals surface area contributed by atoms with Gasteiger partial charge in [-0.1, -0.05) is 23.7 Å². The van der Waals surface area contributed by atoms with E-state index in [2.05, 4.69) is 0 Å². The maximum atomic E-state index is 13.6. The fourth-order valence-corrected chi connectivity index (χ4v) is 1.85. The Kier molecular flexibility index (Phi) is 3.41. The summed E-state index contributed by atoms with van der Waals surface area (Å²) in [6.07, 6.45) is 0. The highest BCUT2D eigenvalue weighted by Gasteiger charge is 2.12. The maximum absolute atomic E-state index is 13.6. The van der Waals surface area contributed by atoms with Crippen LogP contribution in [0.2, 0.25) is 5.02 Å². The lowest BCUT2D eigenvalue weighted by atomic mass is 10.0. The number of benzene rings is 2. The summed E-state index contributed by atoms with van der Waals surface area (Å²) in [5, 5.41) is 0.494. The first kappa shape index (κ1) is 12.0. The van der Waals surface area contributed by atoms with Crippen molar-refractivity contribution in [1.29, 1.82) is 0 Å². The van der Waals surface area contributed by atoms with E-state index in [-0.39, 0.29) is 12.1 Å². The molecular formula is C13H10ClF2N. The third-order valence-corrected chi connectivity index (χ3v) is 2.89. The number of hydrogen-bond donors (Lipinski definition) is 1. The molecule has 17 heavy (non-hydrogen) atoms. The summed E-state index contributed by atoms with van der Waals surface area (Å²) in [6.45, 7) is 0.225. The molecule has 0 aliphatic rings. The van der Waals surface area contributed by atoms with E-state index in [9.17, 15) is 8.78 Å². The molecule has 0 saturated carbocycles. The highest BCUT2D eigenvalue weighted by molar-refractivity contribution is 6.31. The van der Waals surface area contributed by atoms with Gasteiger partial charge in [-0.2, -0.15) is 0 Å². The van der Waals surface area contributed by atoms with Crippen LogP contribution in [0.3, 0.4) is 0 Å². The summed E-state index contributed by atoms with van der Waals surface area (Å²) >= 11 is 5.90. The molecule has 88 valence electrons. The molecule has 0 fully saturated rings. The normalized spacial score (nSPS) is 10.6. The Morgan fingerprint density at radius 3 is 2.29 bits per heavy atom. The van der Waals surface area contributed by atoms with Crippen LogP contribution in [0.1, 0.15) is 5.56 Å². The zero-order chi connectivity index (χ0) is 12.4. The molecule has 2 N–H and O–H groups in total. The second-order valence-corrected chi connectivity index (χ2v) is 4.01. The van der Waals surface area contributed by atoms with Crippen molar-refractivity contribution in [3.05, 3.63) is 58.6 Å². The van der Waals surface area contributed by atoms with Crippen molar-refractivity contribution in [2.24, 2.45) is 5.73 Å². The van der Waals surface area contributed by atoms with Crippen LogP contribution in [0.25, 0.3) is 11.1 Å². The van der Waals surface area contributed by atoms with Crippen LogP contribution in [0.5, 0.6) is 0 Å². The van der Waals surface area contributed by atoms with Gasteiger partial charge < -0.3 is 5.73 Å². The Labute approximate surface area is 103 Å². The van der Waals surface area contributed by atoms with Crippen molar-refractivity contribution in [2.75, 3.05) is 0 Å². The predicted molar refractivity (Wildman–Crippen MR) is 64.7 cm³/mol. The van der Waals surface area contributed by atoms with Gasteiger partial charge in [0, 0.05) is 11.6 Å². The Bertz CT molecular complexity index is 535. The minimum atomic E-state index is -0.602. The van der Waals surface area contributed by atoms with Crippen LogP contribution in [0, 0.1) is 11.6 Å². The van der Waals surface area contributed by atoms with Crippen molar-refractivity contribution < 1.29 is 8.78 Å². The molecule has 0 aromatic heterocycles. The molecule has 0 unspecified atom stereocenters. The first-order valence-corrected chi connectivity index (χ1v) is 5.44. The van der Waals surface area contributed by atoms with Gasteiger partial charge >= 0.3 is 0 Å². The van der Waals surface area contributed by atoms with Crippen LogP contribution in [-0.2, 0) is 6.54 Å². The van der Waals surface area contributed by atoms with Crippen molar-refractivity contribution in [3.8, 4) is 11.1 Å². The van der Waals surface area contributed by atoms with Gasteiger partial charge in [-0.15, -0.1) is 0 Å². The first-order valence-electron chi connectivity index (χ1n) is 5.06. The zero-order valence-electron chi connectivity index (χ0n) is 8.88. The van der Waals surface area contributed by atoms with E-state index in [0.717, 1.165) is 0 Å². The van der Waals surface area contributed by atoms with E-state index < -0.39 is 11.6 Å². The summed E-state index contributed by atoms with van der Waals surface area (Å²) in [4.78, 5) is 0. The molecule has 1 nitrogen and oxygen atoms in total. The number of rotatable bonds is 2. The van der Waals surface area contributed by atoms with Gasteiger partial charge in [0.15, 0.2) is 0 Å². The average Bonchev–Trinajstić information content (AvgIpc) is 2.31. The second-order valence-electron chi connectivity index (χ2n) is 3.61. The summed E-state index contributed by atoms with van der Waals surface area (Å²) in [5.41, 5.74) is 6.54. The van der Waals surface area contributed by atoms with Gasteiger partial charge in [0.05, 0.1) is 5.56 Å². The first-order chi connectivity index (χ1) is 8.13. The topological polar surface area (TPSA) is 26.0 Å². The molecule has 4 heteroatoms.